The lowest BCUT2D eigenvalue weighted by molar-refractivity contribution is -0.140. The molecule has 2 bridgehead atoms. The van der Waals surface area contributed by atoms with Crippen LogP contribution in [0.2, 0.25) is 0 Å². The Balaban J connectivity index is 1.71. The lowest BCUT2D eigenvalue weighted by atomic mass is 9.76. The first-order valence-electron chi connectivity index (χ1n) is 8.36. The van der Waals surface area contributed by atoms with Crippen molar-refractivity contribution in [1.82, 2.24) is 4.90 Å². The third-order valence-electron chi connectivity index (χ3n) is 5.51. The van der Waals surface area contributed by atoms with Crippen molar-refractivity contribution >= 4 is 5.78 Å². The number of Topliss-reactive ketones (excluding diaryl/α,β-unsaturated/α-hetero) is 1. The number of hydrogen-bond donors (Lipinski definition) is 0. The molecule has 2 unspecified atom stereocenters. The van der Waals surface area contributed by atoms with Gasteiger partial charge in [-0.15, -0.1) is 0 Å². The second-order valence-corrected chi connectivity index (χ2v) is 7.03. The van der Waals surface area contributed by atoms with Crippen molar-refractivity contribution in [2.24, 2.45) is 5.92 Å². The van der Waals surface area contributed by atoms with E-state index in [0.29, 0.717) is 12.1 Å². The Hall–Kier alpha value is -1.43. The summed E-state index contributed by atoms with van der Waals surface area (Å²) in [6.45, 7) is 0. The topological polar surface area (TPSA) is 20.3 Å². The quantitative estimate of drug-likeness (QED) is 0.766. The molecule has 132 valence electrons. The molecule has 0 amide bonds. The summed E-state index contributed by atoms with van der Waals surface area (Å²) in [6, 6.07) is 3.63. The van der Waals surface area contributed by atoms with Crippen LogP contribution in [0.4, 0.5) is 17.6 Å². The highest BCUT2D eigenvalue weighted by molar-refractivity contribution is 5.83. The molecule has 0 radical (unpaired) electrons. The first-order chi connectivity index (χ1) is 11.3. The number of fused-ring (bicyclic) bond motifs is 2. The largest absolute Gasteiger partial charge is 0.419 e. The molecule has 2 atom stereocenters. The van der Waals surface area contributed by atoms with Crippen LogP contribution < -0.4 is 0 Å². The average Bonchev–Trinajstić information content (AvgIpc) is 2.47. The molecular weight excluding hydrogens is 322 g/mol. The first-order valence-corrected chi connectivity index (χ1v) is 8.36. The highest BCUT2D eigenvalue weighted by Crippen LogP contribution is 2.37. The van der Waals surface area contributed by atoms with Crippen LogP contribution in [0.15, 0.2) is 18.2 Å². The monoisotopic (exact) mass is 343 g/mol. The Morgan fingerprint density at radius 1 is 1.21 bits per heavy atom. The van der Waals surface area contributed by atoms with Gasteiger partial charge in [0.05, 0.1) is 5.56 Å². The number of ketones is 1. The molecular formula is C18H21F4NO. The number of halogens is 4. The Bertz CT molecular complexity index is 614. The van der Waals surface area contributed by atoms with E-state index in [0.717, 1.165) is 37.8 Å². The van der Waals surface area contributed by atoms with E-state index in [-0.39, 0.29) is 23.7 Å². The highest BCUT2D eigenvalue weighted by Gasteiger charge is 2.39. The lowest BCUT2D eigenvalue weighted by Crippen LogP contribution is -2.51. The molecule has 6 heteroatoms. The van der Waals surface area contributed by atoms with Gasteiger partial charge in [-0.3, -0.25) is 4.79 Å². The fraction of sp³-hybridized carbons (Fsp3) is 0.611. The van der Waals surface area contributed by atoms with Crippen molar-refractivity contribution in [3.8, 4) is 0 Å². The zero-order valence-electron chi connectivity index (χ0n) is 13.6. The van der Waals surface area contributed by atoms with Crippen LogP contribution in [0.5, 0.6) is 0 Å². The fourth-order valence-electron chi connectivity index (χ4n) is 4.12. The Kier molecular flexibility index (Phi) is 4.69. The van der Waals surface area contributed by atoms with Gasteiger partial charge in [0.15, 0.2) is 0 Å². The summed E-state index contributed by atoms with van der Waals surface area (Å²) < 4.78 is 51.7. The van der Waals surface area contributed by atoms with Crippen molar-refractivity contribution in [3.05, 3.63) is 35.1 Å². The van der Waals surface area contributed by atoms with Gasteiger partial charge in [-0.2, -0.15) is 13.2 Å². The molecule has 2 heterocycles. The van der Waals surface area contributed by atoms with Gasteiger partial charge in [-0.25, -0.2) is 4.39 Å². The zero-order valence-corrected chi connectivity index (χ0v) is 13.6. The minimum atomic E-state index is -4.74. The second-order valence-electron chi connectivity index (χ2n) is 7.03. The molecule has 2 saturated heterocycles. The number of piperidine rings is 2. The van der Waals surface area contributed by atoms with E-state index >= 15 is 0 Å². The van der Waals surface area contributed by atoms with E-state index in [4.69, 9.17) is 0 Å². The maximum atomic E-state index is 13.3. The van der Waals surface area contributed by atoms with Crippen LogP contribution >= 0.6 is 0 Å². The van der Waals surface area contributed by atoms with Crippen molar-refractivity contribution in [1.29, 1.82) is 0 Å². The summed E-state index contributed by atoms with van der Waals surface area (Å²) in [5, 5.41) is 0. The van der Waals surface area contributed by atoms with Crippen LogP contribution in [0.1, 0.15) is 43.2 Å². The maximum Gasteiger partial charge on any atom is 0.419 e. The first kappa shape index (κ1) is 17.4. The molecule has 0 aliphatic carbocycles. The third kappa shape index (κ3) is 3.48. The zero-order chi connectivity index (χ0) is 17.5. The van der Waals surface area contributed by atoms with Crippen molar-refractivity contribution in [2.45, 2.75) is 56.8 Å². The molecule has 1 aromatic carbocycles. The van der Waals surface area contributed by atoms with Crippen LogP contribution in [0.25, 0.3) is 0 Å². The second kappa shape index (κ2) is 6.47. The van der Waals surface area contributed by atoms with Crippen LogP contribution in [-0.2, 0) is 17.4 Å². The van der Waals surface area contributed by atoms with Gasteiger partial charge in [-0.05, 0) is 50.4 Å². The summed E-state index contributed by atoms with van der Waals surface area (Å²) in [4.78, 5) is 14.9. The van der Waals surface area contributed by atoms with E-state index in [2.05, 4.69) is 11.9 Å². The molecule has 0 N–H and O–H groups in total. The smallest absolute Gasteiger partial charge is 0.300 e. The molecule has 1 aromatic rings. The molecule has 2 aliphatic rings. The molecule has 0 saturated carbocycles. The number of alkyl halides is 3. The summed E-state index contributed by atoms with van der Waals surface area (Å²) in [5.41, 5.74) is -1.06. The lowest BCUT2D eigenvalue weighted by Gasteiger charge is -2.46. The van der Waals surface area contributed by atoms with Crippen LogP contribution in [0.3, 0.4) is 0 Å². The minimum Gasteiger partial charge on any atom is -0.300 e. The Morgan fingerprint density at radius 3 is 2.42 bits per heavy atom. The van der Waals surface area contributed by atoms with Gasteiger partial charge in [0, 0.05) is 24.4 Å². The Morgan fingerprint density at radius 2 is 1.83 bits per heavy atom. The van der Waals surface area contributed by atoms with E-state index < -0.39 is 17.6 Å². The number of rotatable bonds is 3. The van der Waals surface area contributed by atoms with Gasteiger partial charge < -0.3 is 4.90 Å². The van der Waals surface area contributed by atoms with Gasteiger partial charge in [0.25, 0.3) is 0 Å². The van der Waals surface area contributed by atoms with E-state index in [1.807, 2.05) is 0 Å². The van der Waals surface area contributed by atoms with E-state index in [1.165, 1.54) is 12.5 Å². The molecule has 2 nitrogen and oxygen atoms in total. The molecule has 3 rings (SSSR count). The summed E-state index contributed by atoms with van der Waals surface area (Å²) in [6.07, 6.45) is 0.0772. The highest BCUT2D eigenvalue weighted by atomic mass is 19.4. The van der Waals surface area contributed by atoms with Gasteiger partial charge in [0.1, 0.15) is 11.6 Å². The van der Waals surface area contributed by atoms with Gasteiger partial charge in [0.2, 0.25) is 0 Å². The number of benzene rings is 1. The summed E-state index contributed by atoms with van der Waals surface area (Å²) in [5.74, 6) is -1.43. The van der Waals surface area contributed by atoms with Gasteiger partial charge >= 0.3 is 6.18 Å². The number of hydrogen-bond acceptors (Lipinski definition) is 2. The number of carbonyl (C=O) groups excluding carboxylic acids is 1. The van der Waals surface area contributed by atoms with Crippen LogP contribution in [0, 0.1) is 11.7 Å². The minimum absolute atomic E-state index is 0.0280. The van der Waals surface area contributed by atoms with Gasteiger partial charge in [-0.1, -0.05) is 12.5 Å². The van der Waals surface area contributed by atoms with E-state index in [1.54, 1.807) is 0 Å². The maximum absolute atomic E-state index is 13.3. The molecule has 0 spiro atoms. The summed E-state index contributed by atoms with van der Waals surface area (Å²) in [7, 11) is 2.09. The molecule has 2 fully saturated rings. The predicted molar refractivity (Wildman–Crippen MR) is 82.0 cm³/mol. The number of carbonyl (C=O) groups is 1. The molecule has 0 aromatic heterocycles. The normalized spacial score (nSPS) is 28.0. The third-order valence-corrected chi connectivity index (χ3v) is 5.51. The van der Waals surface area contributed by atoms with Crippen LogP contribution in [-0.4, -0.2) is 29.8 Å². The SMILES string of the molecule is CN1C2CCCC1CC(C(=O)Cc1ccc(F)c(C(F)(F)F)c1)C2. The fourth-order valence-corrected chi connectivity index (χ4v) is 4.12. The number of nitrogens with zero attached hydrogens (tertiary/aromatic N) is 1. The Labute approximate surface area is 138 Å². The standard InChI is InChI=1S/C18H21F4NO/c1-23-13-3-2-4-14(23)10-12(9-13)17(24)8-11-5-6-16(19)15(7-11)18(20,21)22/h5-7,12-14H,2-4,8-10H2,1H3. The van der Waals surface area contributed by atoms with E-state index in [9.17, 15) is 22.4 Å². The molecule has 24 heavy (non-hydrogen) atoms. The summed E-state index contributed by atoms with van der Waals surface area (Å²) >= 11 is 0. The molecule has 2 aliphatic heterocycles. The predicted octanol–water partition coefficient (Wildman–Crippen LogP) is 4.22. The van der Waals surface area contributed by atoms with Crippen molar-refractivity contribution in [3.63, 3.8) is 0 Å². The van der Waals surface area contributed by atoms with Crippen molar-refractivity contribution in [2.75, 3.05) is 7.05 Å². The average molecular weight is 343 g/mol. The van der Waals surface area contributed by atoms with Crippen molar-refractivity contribution < 1.29 is 22.4 Å².